The molecular weight excluding hydrogens is 278 g/mol. The Morgan fingerprint density at radius 1 is 1.05 bits per heavy atom. The van der Waals surface area contributed by atoms with Crippen molar-refractivity contribution in [2.75, 3.05) is 62.3 Å². The van der Waals surface area contributed by atoms with Crippen molar-refractivity contribution >= 4 is 17.3 Å². The van der Waals surface area contributed by atoms with Crippen molar-refractivity contribution in [2.24, 2.45) is 0 Å². The van der Waals surface area contributed by atoms with Gasteiger partial charge < -0.3 is 14.5 Å². The Morgan fingerprint density at radius 3 is 2.50 bits per heavy atom. The second-order valence-corrected chi connectivity index (χ2v) is 5.83. The molecule has 0 atom stereocenters. The third-order valence-electron chi connectivity index (χ3n) is 4.50. The zero-order chi connectivity index (χ0) is 15.4. The van der Waals surface area contributed by atoms with Crippen LogP contribution in [0.25, 0.3) is 0 Å². The lowest BCUT2D eigenvalue weighted by atomic mass is 10.1. The molecule has 0 N–H and O–H groups in total. The minimum Gasteiger partial charge on any atom is -0.379 e. The van der Waals surface area contributed by atoms with Crippen LogP contribution in [0.3, 0.4) is 0 Å². The normalized spacial score (nSPS) is 19.1. The molecular formula is C17H25N3O2. The van der Waals surface area contributed by atoms with Gasteiger partial charge in [-0.15, -0.1) is 0 Å². The van der Waals surface area contributed by atoms with Crippen LogP contribution in [0.4, 0.5) is 11.4 Å². The van der Waals surface area contributed by atoms with Crippen LogP contribution in [0.5, 0.6) is 0 Å². The van der Waals surface area contributed by atoms with Gasteiger partial charge in [0.2, 0.25) is 5.91 Å². The molecule has 0 spiro atoms. The van der Waals surface area contributed by atoms with Gasteiger partial charge in [-0.2, -0.15) is 0 Å². The van der Waals surface area contributed by atoms with Crippen LogP contribution in [-0.2, 0) is 9.53 Å². The summed E-state index contributed by atoms with van der Waals surface area (Å²) in [5, 5.41) is 0. The molecule has 1 fully saturated rings. The molecule has 0 saturated carbocycles. The zero-order valence-corrected chi connectivity index (χ0v) is 13.3. The minimum absolute atomic E-state index is 0.209. The lowest BCUT2D eigenvalue weighted by Gasteiger charge is -2.39. The first-order valence-corrected chi connectivity index (χ1v) is 8.24. The molecule has 2 heterocycles. The minimum atomic E-state index is 0.209. The van der Waals surface area contributed by atoms with E-state index >= 15 is 0 Å². The first kappa shape index (κ1) is 15.3. The van der Waals surface area contributed by atoms with Crippen molar-refractivity contribution in [3.05, 3.63) is 24.3 Å². The molecule has 0 aromatic heterocycles. The number of carbonyl (C=O) groups excluding carboxylic acids is 1. The standard InChI is InChI=1S/C17H25N3O2/c1-2-17(21)20-10-9-19(15-5-3-4-6-16(15)20)8-7-18-11-13-22-14-12-18/h3-6H,2,7-14H2,1H3. The van der Waals surface area contributed by atoms with E-state index in [9.17, 15) is 4.79 Å². The Labute approximate surface area is 132 Å². The molecule has 1 saturated heterocycles. The molecule has 2 aliphatic heterocycles. The van der Waals surface area contributed by atoms with Gasteiger partial charge in [-0.05, 0) is 12.1 Å². The summed E-state index contributed by atoms with van der Waals surface area (Å²) in [6.07, 6.45) is 0.558. The summed E-state index contributed by atoms with van der Waals surface area (Å²) < 4.78 is 5.40. The van der Waals surface area contributed by atoms with E-state index in [4.69, 9.17) is 4.74 Å². The third kappa shape index (κ3) is 3.25. The largest absolute Gasteiger partial charge is 0.379 e. The van der Waals surface area contributed by atoms with Gasteiger partial charge in [-0.3, -0.25) is 9.69 Å². The van der Waals surface area contributed by atoms with Crippen LogP contribution in [0.1, 0.15) is 13.3 Å². The number of hydrogen-bond donors (Lipinski definition) is 0. The second kappa shape index (κ2) is 7.11. The highest BCUT2D eigenvalue weighted by Gasteiger charge is 2.25. The Morgan fingerprint density at radius 2 is 1.77 bits per heavy atom. The van der Waals surface area contributed by atoms with E-state index in [0.29, 0.717) is 6.42 Å². The van der Waals surface area contributed by atoms with E-state index in [-0.39, 0.29) is 5.91 Å². The van der Waals surface area contributed by atoms with Gasteiger partial charge in [0.1, 0.15) is 0 Å². The van der Waals surface area contributed by atoms with Crippen molar-refractivity contribution in [3.63, 3.8) is 0 Å². The van der Waals surface area contributed by atoms with Gasteiger partial charge in [0.15, 0.2) is 0 Å². The molecule has 22 heavy (non-hydrogen) atoms. The molecule has 0 bridgehead atoms. The zero-order valence-electron chi connectivity index (χ0n) is 13.3. The molecule has 1 aromatic carbocycles. The Kier molecular flexibility index (Phi) is 4.95. The number of hydrogen-bond acceptors (Lipinski definition) is 4. The van der Waals surface area contributed by atoms with Crippen molar-refractivity contribution in [3.8, 4) is 0 Å². The molecule has 0 aliphatic carbocycles. The van der Waals surface area contributed by atoms with Crippen molar-refractivity contribution in [1.29, 1.82) is 0 Å². The third-order valence-corrected chi connectivity index (χ3v) is 4.50. The number of morpholine rings is 1. The summed E-state index contributed by atoms with van der Waals surface area (Å²) in [5.74, 6) is 0.209. The van der Waals surface area contributed by atoms with Crippen molar-refractivity contribution in [1.82, 2.24) is 4.90 Å². The van der Waals surface area contributed by atoms with Gasteiger partial charge in [0.25, 0.3) is 0 Å². The summed E-state index contributed by atoms with van der Waals surface area (Å²) in [7, 11) is 0. The maximum Gasteiger partial charge on any atom is 0.226 e. The predicted molar refractivity (Wildman–Crippen MR) is 88.6 cm³/mol. The number of amides is 1. The molecule has 0 unspecified atom stereocenters. The average Bonchev–Trinajstić information content (AvgIpc) is 2.60. The fourth-order valence-corrected chi connectivity index (χ4v) is 3.19. The van der Waals surface area contributed by atoms with Gasteiger partial charge in [0, 0.05) is 45.7 Å². The highest BCUT2D eigenvalue weighted by atomic mass is 16.5. The SMILES string of the molecule is CCC(=O)N1CCN(CCN2CCOCC2)c2ccccc21. The van der Waals surface area contributed by atoms with Crippen molar-refractivity contribution < 1.29 is 9.53 Å². The molecule has 1 amide bonds. The van der Waals surface area contributed by atoms with Gasteiger partial charge >= 0.3 is 0 Å². The Bertz CT molecular complexity index is 514. The van der Waals surface area contributed by atoms with Gasteiger partial charge in [0.05, 0.1) is 24.6 Å². The Balaban J connectivity index is 1.69. The number of benzene rings is 1. The summed E-state index contributed by atoms with van der Waals surface area (Å²) in [5.41, 5.74) is 2.24. The molecule has 5 heteroatoms. The molecule has 3 rings (SSSR count). The number of carbonyl (C=O) groups is 1. The smallest absolute Gasteiger partial charge is 0.226 e. The van der Waals surface area contributed by atoms with Crippen molar-refractivity contribution in [2.45, 2.75) is 13.3 Å². The van der Waals surface area contributed by atoms with Crippen LogP contribution < -0.4 is 9.80 Å². The van der Waals surface area contributed by atoms with Gasteiger partial charge in [-0.1, -0.05) is 19.1 Å². The highest BCUT2D eigenvalue weighted by Crippen LogP contribution is 2.32. The van der Waals surface area contributed by atoms with E-state index in [2.05, 4.69) is 28.0 Å². The van der Waals surface area contributed by atoms with Gasteiger partial charge in [-0.25, -0.2) is 0 Å². The monoisotopic (exact) mass is 303 g/mol. The van der Waals surface area contributed by atoms with E-state index in [0.717, 1.165) is 58.2 Å². The van der Waals surface area contributed by atoms with E-state index in [1.165, 1.54) is 5.69 Å². The van der Waals surface area contributed by atoms with E-state index in [1.54, 1.807) is 0 Å². The number of nitrogens with zero attached hydrogens (tertiary/aromatic N) is 3. The second-order valence-electron chi connectivity index (χ2n) is 5.83. The van der Waals surface area contributed by atoms with Crippen LogP contribution in [0.15, 0.2) is 24.3 Å². The van der Waals surface area contributed by atoms with Crippen LogP contribution in [0, 0.1) is 0 Å². The quantitative estimate of drug-likeness (QED) is 0.846. The van der Waals surface area contributed by atoms with Crippen LogP contribution >= 0.6 is 0 Å². The topological polar surface area (TPSA) is 36.0 Å². The number of rotatable bonds is 4. The lowest BCUT2D eigenvalue weighted by Crippen LogP contribution is -2.47. The summed E-state index contributed by atoms with van der Waals surface area (Å²) in [4.78, 5) is 18.9. The number of fused-ring (bicyclic) bond motifs is 1. The molecule has 5 nitrogen and oxygen atoms in total. The summed E-state index contributed by atoms with van der Waals surface area (Å²) in [6.45, 7) is 9.41. The van der Waals surface area contributed by atoms with E-state index in [1.807, 2.05) is 17.9 Å². The molecule has 120 valence electrons. The fourth-order valence-electron chi connectivity index (χ4n) is 3.19. The van der Waals surface area contributed by atoms with Crippen LogP contribution in [-0.4, -0.2) is 63.3 Å². The Hall–Kier alpha value is -1.59. The molecule has 0 radical (unpaired) electrons. The van der Waals surface area contributed by atoms with Crippen LogP contribution in [0.2, 0.25) is 0 Å². The highest BCUT2D eigenvalue weighted by molar-refractivity contribution is 5.97. The number of para-hydroxylation sites is 2. The summed E-state index contributed by atoms with van der Waals surface area (Å²) in [6, 6.07) is 8.26. The summed E-state index contributed by atoms with van der Waals surface area (Å²) >= 11 is 0. The predicted octanol–water partition coefficient (Wildman–Crippen LogP) is 1.58. The number of ether oxygens (including phenoxy) is 1. The molecule has 1 aromatic rings. The fraction of sp³-hybridized carbons (Fsp3) is 0.588. The maximum absolute atomic E-state index is 12.1. The lowest BCUT2D eigenvalue weighted by molar-refractivity contribution is -0.118. The first-order valence-electron chi connectivity index (χ1n) is 8.24. The average molecular weight is 303 g/mol. The maximum atomic E-state index is 12.1. The van der Waals surface area contributed by atoms with E-state index < -0.39 is 0 Å². The molecule has 2 aliphatic rings. The number of anilines is 2. The first-order chi connectivity index (χ1) is 10.8.